The first-order valence-electron chi connectivity index (χ1n) is 18.7. The Balaban J connectivity index is 1.14. The van der Waals surface area contributed by atoms with Crippen LogP contribution in [0.15, 0.2) is 88.7 Å². The normalized spacial score (nSPS) is 20.6. The predicted molar refractivity (Wildman–Crippen MR) is 202 cm³/mol. The van der Waals surface area contributed by atoms with E-state index in [0.29, 0.717) is 50.2 Å². The molecule has 0 saturated carbocycles. The minimum atomic E-state index is -4.21. The molecule has 300 valence electrons. The molecule has 16 heteroatoms. The van der Waals surface area contributed by atoms with Gasteiger partial charge in [-0.2, -0.15) is 4.31 Å². The quantitative estimate of drug-likeness (QED) is 0.146. The lowest BCUT2D eigenvalue weighted by molar-refractivity contribution is -0.0907. The van der Waals surface area contributed by atoms with Gasteiger partial charge in [-0.25, -0.2) is 26.4 Å². The average Bonchev–Trinajstić information content (AvgIpc) is 3.92. The maximum absolute atomic E-state index is 14.4. The van der Waals surface area contributed by atoms with Crippen LogP contribution >= 0.6 is 0 Å². The van der Waals surface area contributed by atoms with Gasteiger partial charge in [-0.1, -0.05) is 75.2 Å². The van der Waals surface area contributed by atoms with Crippen LogP contribution in [0.4, 0.5) is 4.79 Å². The van der Waals surface area contributed by atoms with E-state index in [0.717, 1.165) is 5.56 Å². The summed E-state index contributed by atoms with van der Waals surface area (Å²) >= 11 is 0. The van der Waals surface area contributed by atoms with Crippen molar-refractivity contribution in [2.45, 2.75) is 86.7 Å². The summed E-state index contributed by atoms with van der Waals surface area (Å²) in [4.78, 5) is 13.5. The van der Waals surface area contributed by atoms with E-state index >= 15 is 0 Å². The monoisotopic (exact) mass is 801 g/mol. The number of aliphatic hydroxyl groups excluding tert-OH is 1. The van der Waals surface area contributed by atoms with Gasteiger partial charge in [-0.15, -0.1) is 0 Å². The van der Waals surface area contributed by atoms with Crippen LogP contribution in [0.5, 0.6) is 11.5 Å². The number of nitrogens with one attached hydrogen (secondary N) is 2. The molecule has 2 fully saturated rings. The van der Waals surface area contributed by atoms with Gasteiger partial charge in [0.15, 0.2) is 17.8 Å². The number of amides is 1. The van der Waals surface area contributed by atoms with Crippen molar-refractivity contribution in [2.24, 2.45) is 11.3 Å². The molecule has 3 N–H and O–H groups in total. The van der Waals surface area contributed by atoms with Crippen LogP contribution in [0.2, 0.25) is 0 Å². The molecule has 0 bridgehead atoms. The maximum Gasteiger partial charge on any atom is 0.407 e. The molecule has 3 heterocycles. The molecule has 3 aliphatic heterocycles. The second-order valence-corrected chi connectivity index (χ2v) is 18.7. The zero-order valence-corrected chi connectivity index (χ0v) is 32.8. The highest BCUT2D eigenvalue weighted by Gasteiger charge is 2.44. The summed E-state index contributed by atoms with van der Waals surface area (Å²) in [5.74, 6) is 0.665. The van der Waals surface area contributed by atoms with Gasteiger partial charge in [0.05, 0.1) is 41.1 Å². The van der Waals surface area contributed by atoms with Gasteiger partial charge in [0.25, 0.3) is 0 Å². The highest BCUT2D eigenvalue weighted by Crippen LogP contribution is 2.36. The van der Waals surface area contributed by atoms with E-state index in [1.165, 1.54) is 16.4 Å². The lowest BCUT2D eigenvalue weighted by Gasteiger charge is -2.35. The summed E-state index contributed by atoms with van der Waals surface area (Å²) in [6, 6.07) is 21.0. The first-order valence-corrected chi connectivity index (χ1v) is 21.6. The van der Waals surface area contributed by atoms with Crippen molar-refractivity contribution in [1.82, 2.24) is 14.3 Å². The second kappa shape index (κ2) is 18.0. The van der Waals surface area contributed by atoms with Crippen molar-refractivity contribution in [3.63, 3.8) is 0 Å². The SMILES string of the molecule is CC(C)(CCCCCNS(=O)(=O)c1ccccc1)CN(C[C@@H](O)[C@H](Cc1ccccc1)NC(=O)O[C@H]1CO[C@H]2OCC[C@H]21)S(=O)(=O)c1ccc2c(c1)OCO2. The summed E-state index contributed by atoms with van der Waals surface area (Å²) in [7, 11) is -7.81. The molecule has 3 aliphatic rings. The smallest absolute Gasteiger partial charge is 0.407 e. The van der Waals surface area contributed by atoms with E-state index in [9.17, 15) is 26.7 Å². The molecule has 3 aromatic carbocycles. The van der Waals surface area contributed by atoms with Crippen molar-refractivity contribution < 1.29 is 50.4 Å². The molecule has 3 aromatic rings. The highest BCUT2D eigenvalue weighted by molar-refractivity contribution is 7.89. The van der Waals surface area contributed by atoms with E-state index in [2.05, 4.69) is 10.0 Å². The number of aliphatic hydroxyl groups is 1. The van der Waals surface area contributed by atoms with Crippen LogP contribution in [0.3, 0.4) is 0 Å². The van der Waals surface area contributed by atoms with Crippen molar-refractivity contribution in [3.8, 4) is 11.5 Å². The minimum absolute atomic E-state index is 0.0213. The minimum Gasteiger partial charge on any atom is -0.454 e. The average molecular weight is 802 g/mol. The third kappa shape index (κ3) is 10.8. The molecule has 1 amide bonds. The van der Waals surface area contributed by atoms with Crippen LogP contribution in [-0.2, 0) is 40.7 Å². The zero-order chi connectivity index (χ0) is 39.1. The third-order valence-electron chi connectivity index (χ3n) is 10.2. The highest BCUT2D eigenvalue weighted by atomic mass is 32.2. The van der Waals surface area contributed by atoms with E-state index < -0.39 is 56.1 Å². The Bertz CT molecular complexity index is 1950. The van der Waals surface area contributed by atoms with Crippen LogP contribution in [0.25, 0.3) is 0 Å². The van der Waals surface area contributed by atoms with E-state index in [1.807, 2.05) is 44.2 Å². The number of sulfonamides is 2. The van der Waals surface area contributed by atoms with Crippen molar-refractivity contribution in [1.29, 1.82) is 0 Å². The fourth-order valence-electron chi connectivity index (χ4n) is 7.14. The first kappa shape index (κ1) is 40.9. The molecule has 0 unspecified atom stereocenters. The van der Waals surface area contributed by atoms with Gasteiger partial charge in [0, 0.05) is 25.7 Å². The molecule has 0 radical (unpaired) electrons. The van der Waals surface area contributed by atoms with Gasteiger partial charge in [0.1, 0.15) is 6.10 Å². The number of rotatable bonds is 19. The van der Waals surface area contributed by atoms with Crippen LogP contribution in [0, 0.1) is 11.3 Å². The van der Waals surface area contributed by atoms with E-state index in [1.54, 1.807) is 36.4 Å². The Hall–Kier alpha value is -3.77. The van der Waals surface area contributed by atoms with Crippen LogP contribution in [-0.4, -0.2) is 96.5 Å². The number of hydrogen-bond donors (Lipinski definition) is 3. The number of carbonyl (C=O) groups is 1. The first-order chi connectivity index (χ1) is 26.3. The third-order valence-corrected chi connectivity index (χ3v) is 13.4. The fourth-order valence-corrected chi connectivity index (χ4v) is 9.90. The summed E-state index contributed by atoms with van der Waals surface area (Å²) < 4.78 is 85.8. The summed E-state index contributed by atoms with van der Waals surface area (Å²) in [6.45, 7) is 4.61. The Morgan fingerprint density at radius 1 is 0.927 bits per heavy atom. The standard InChI is InChI=1S/C39H51N3O11S2/c1-39(2,19-10-5-11-20-40-54(45,46)29-14-8-4-9-15-29)26-42(55(47,48)30-16-17-34-35(23-30)52-27-51-34)24-33(43)32(22-28-12-6-3-7-13-28)41-38(44)53-36-25-50-37-31(36)18-21-49-37/h3-4,6-9,12-17,23,31-33,36-37,40,43H,5,10-11,18-22,24-27H2,1-2H3,(H,41,44)/t31-,32-,33+,36-,37+/m0/s1. The molecule has 6 rings (SSSR count). The molecule has 5 atom stereocenters. The Kier molecular flexibility index (Phi) is 13.4. The summed E-state index contributed by atoms with van der Waals surface area (Å²) in [6.07, 6.45) is 0.566. The van der Waals surface area contributed by atoms with Crippen LogP contribution in [0.1, 0.15) is 51.5 Å². The number of alkyl carbamates (subject to hydrolysis) is 1. The molecule has 0 aromatic heterocycles. The van der Waals surface area contributed by atoms with Gasteiger partial charge in [0.2, 0.25) is 26.8 Å². The topological polar surface area (TPSA) is 179 Å². The number of hydrogen-bond acceptors (Lipinski definition) is 11. The number of ether oxygens (including phenoxy) is 5. The number of fused-ring (bicyclic) bond motifs is 2. The van der Waals surface area contributed by atoms with Crippen molar-refractivity contribution in [3.05, 3.63) is 84.4 Å². The number of carbonyl (C=O) groups excluding carboxylic acids is 1. The maximum atomic E-state index is 14.4. The molecule has 0 spiro atoms. The lowest BCUT2D eigenvalue weighted by atomic mass is 9.86. The molecular weight excluding hydrogens is 751 g/mol. The van der Waals surface area contributed by atoms with Crippen molar-refractivity contribution in [2.75, 3.05) is 39.6 Å². The Morgan fingerprint density at radius 3 is 2.42 bits per heavy atom. The Morgan fingerprint density at radius 2 is 1.65 bits per heavy atom. The van der Waals surface area contributed by atoms with Gasteiger partial charge in [-0.05, 0) is 60.9 Å². The van der Waals surface area contributed by atoms with Gasteiger partial charge in [-0.3, -0.25) is 0 Å². The largest absolute Gasteiger partial charge is 0.454 e. The molecule has 14 nitrogen and oxygen atoms in total. The second-order valence-electron chi connectivity index (χ2n) is 15.0. The fraction of sp³-hybridized carbons (Fsp3) is 0.513. The van der Waals surface area contributed by atoms with Crippen molar-refractivity contribution >= 4 is 26.1 Å². The number of nitrogens with zero attached hydrogens (tertiary/aromatic N) is 1. The predicted octanol–water partition coefficient (Wildman–Crippen LogP) is 4.43. The summed E-state index contributed by atoms with van der Waals surface area (Å²) in [5.41, 5.74) is 0.271. The number of unbranched alkanes of at least 4 members (excludes halogenated alkanes) is 2. The zero-order valence-electron chi connectivity index (χ0n) is 31.2. The summed E-state index contributed by atoms with van der Waals surface area (Å²) in [5, 5.41) is 14.7. The van der Waals surface area contributed by atoms with Gasteiger partial charge >= 0.3 is 6.09 Å². The van der Waals surface area contributed by atoms with E-state index in [4.69, 9.17) is 23.7 Å². The van der Waals surface area contributed by atoms with Crippen LogP contribution < -0.4 is 19.5 Å². The molecule has 2 saturated heterocycles. The molecule has 55 heavy (non-hydrogen) atoms. The molecule has 0 aliphatic carbocycles. The lowest BCUT2D eigenvalue weighted by Crippen LogP contribution is -2.52. The van der Waals surface area contributed by atoms with E-state index in [-0.39, 0.29) is 55.2 Å². The van der Waals surface area contributed by atoms with Gasteiger partial charge < -0.3 is 34.1 Å². The Labute approximate surface area is 323 Å². The number of benzene rings is 3. The molecular formula is C39H51N3O11S2.